The highest BCUT2D eigenvalue weighted by molar-refractivity contribution is 6.30. The minimum absolute atomic E-state index is 0.0468. The highest BCUT2D eigenvalue weighted by Gasteiger charge is 2.08. The molecule has 0 fully saturated rings. The van der Waals surface area contributed by atoms with Gasteiger partial charge in [0.15, 0.2) is 12.4 Å². The van der Waals surface area contributed by atoms with E-state index in [4.69, 9.17) is 25.5 Å². The number of carbonyl (C=O) groups excluding carboxylic acids is 1. The molecule has 3 aromatic rings. The molecule has 6 heteroatoms. The summed E-state index contributed by atoms with van der Waals surface area (Å²) in [5.41, 5.74) is 1.68. The first-order chi connectivity index (χ1) is 12.6. The summed E-state index contributed by atoms with van der Waals surface area (Å²) >= 11 is 5.86. The van der Waals surface area contributed by atoms with E-state index in [0.717, 1.165) is 16.9 Å². The zero-order chi connectivity index (χ0) is 18.4. The number of nitrogens with zero attached hydrogens (tertiary/aromatic N) is 1. The molecular formula is C20H16ClNO4. The lowest BCUT2D eigenvalue weighted by molar-refractivity contribution is -0.139. The number of rotatable bonds is 6. The number of esters is 1. The van der Waals surface area contributed by atoms with Gasteiger partial charge in [0.1, 0.15) is 5.75 Å². The first-order valence-corrected chi connectivity index (χ1v) is 8.21. The van der Waals surface area contributed by atoms with Gasteiger partial charge in [-0.1, -0.05) is 23.7 Å². The van der Waals surface area contributed by atoms with E-state index in [9.17, 15) is 4.79 Å². The minimum Gasteiger partial charge on any atom is -0.497 e. The number of oxazole rings is 1. The minimum atomic E-state index is -0.487. The number of carbonyl (C=O) groups is 1. The molecule has 0 spiro atoms. The summed E-state index contributed by atoms with van der Waals surface area (Å²) in [6.07, 6.45) is 4.58. The van der Waals surface area contributed by atoms with Crippen molar-refractivity contribution in [2.75, 3.05) is 7.11 Å². The second kappa shape index (κ2) is 8.36. The molecule has 132 valence electrons. The van der Waals surface area contributed by atoms with Crippen LogP contribution in [0.3, 0.4) is 0 Å². The molecule has 0 atom stereocenters. The average Bonchev–Trinajstić information content (AvgIpc) is 3.14. The van der Waals surface area contributed by atoms with Crippen molar-refractivity contribution in [3.05, 3.63) is 77.3 Å². The van der Waals surface area contributed by atoms with Gasteiger partial charge in [0, 0.05) is 16.7 Å². The zero-order valence-corrected chi connectivity index (χ0v) is 14.8. The average molecular weight is 370 g/mol. The Hall–Kier alpha value is -3.05. The molecule has 1 heterocycles. The number of methoxy groups -OCH3 is 1. The van der Waals surface area contributed by atoms with E-state index in [2.05, 4.69) is 4.98 Å². The Morgan fingerprint density at radius 1 is 1.23 bits per heavy atom. The Balaban J connectivity index is 1.56. The van der Waals surface area contributed by atoms with Crippen molar-refractivity contribution >= 4 is 23.6 Å². The van der Waals surface area contributed by atoms with Crippen molar-refractivity contribution in [1.29, 1.82) is 0 Å². The van der Waals surface area contributed by atoms with E-state index in [1.807, 2.05) is 36.4 Å². The second-order valence-electron chi connectivity index (χ2n) is 5.34. The Labute approximate surface area is 155 Å². The Morgan fingerprint density at radius 3 is 2.81 bits per heavy atom. The number of hydrogen-bond donors (Lipinski definition) is 0. The molecule has 0 N–H and O–H groups in total. The van der Waals surface area contributed by atoms with Crippen molar-refractivity contribution in [2.24, 2.45) is 0 Å². The fraction of sp³-hybridized carbons (Fsp3) is 0.100. The van der Waals surface area contributed by atoms with Gasteiger partial charge in [-0.3, -0.25) is 0 Å². The van der Waals surface area contributed by atoms with E-state index >= 15 is 0 Å². The molecule has 3 rings (SSSR count). The van der Waals surface area contributed by atoms with Gasteiger partial charge in [-0.25, -0.2) is 9.78 Å². The topological polar surface area (TPSA) is 61.6 Å². The third kappa shape index (κ3) is 4.74. The molecule has 0 aliphatic carbocycles. The maximum Gasteiger partial charge on any atom is 0.331 e. The lowest BCUT2D eigenvalue weighted by Gasteiger charge is -2.00. The van der Waals surface area contributed by atoms with Gasteiger partial charge in [0.25, 0.3) is 0 Å². The van der Waals surface area contributed by atoms with Crippen molar-refractivity contribution in [1.82, 2.24) is 4.98 Å². The van der Waals surface area contributed by atoms with Crippen LogP contribution in [0, 0.1) is 0 Å². The highest BCUT2D eigenvalue weighted by atomic mass is 35.5. The van der Waals surface area contributed by atoms with E-state index in [1.54, 1.807) is 31.5 Å². The van der Waals surface area contributed by atoms with Crippen molar-refractivity contribution < 1.29 is 18.7 Å². The van der Waals surface area contributed by atoms with Crippen molar-refractivity contribution in [3.63, 3.8) is 0 Å². The fourth-order valence-corrected chi connectivity index (χ4v) is 2.34. The Kier molecular flexibility index (Phi) is 5.71. The molecule has 0 aliphatic rings. The summed E-state index contributed by atoms with van der Waals surface area (Å²) in [7, 11) is 1.59. The third-order valence-electron chi connectivity index (χ3n) is 3.53. The molecule has 0 bridgehead atoms. The van der Waals surface area contributed by atoms with Gasteiger partial charge in [0.2, 0.25) is 5.89 Å². The number of halogens is 1. The summed E-state index contributed by atoms with van der Waals surface area (Å²) in [5, 5.41) is 0.644. The monoisotopic (exact) mass is 369 g/mol. The van der Waals surface area contributed by atoms with Gasteiger partial charge in [-0.2, -0.15) is 0 Å². The predicted molar refractivity (Wildman–Crippen MR) is 98.8 cm³/mol. The summed E-state index contributed by atoms with van der Waals surface area (Å²) in [5.74, 6) is 1.13. The van der Waals surface area contributed by atoms with Crippen LogP contribution < -0.4 is 4.74 Å². The van der Waals surface area contributed by atoms with Gasteiger partial charge in [-0.15, -0.1) is 0 Å². The van der Waals surface area contributed by atoms with E-state index < -0.39 is 5.97 Å². The molecule has 0 aliphatic heterocycles. The van der Waals surface area contributed by atoms with E-state index in [1.165, 1.54) is 6.08 Å². The van der Waals surface area contributed by atoms with Crippen LogP contribution in [0.25, 0.3) is 17.4 Å². The third-order valence-corrected chi connectivity index (χ3v) is 3.78. The highest BCUT2D eigenvalue weighted by Crippen LogP contribution is 2.22. The van der Waals surface area contributed by atoms with Crippen LogP contribution in [-0.4, -0.2) is 18.1 Å². The van der Waals surface area contributed by atoms with Crippen LogP contribution in [-0.2, 0) is 16.1 Å². The lowest BCUT2D eigenvalue weighted by atomic mass is 10.2. The van der Waals surface area contributed by atoms with Gasteiger partial charge >= 0.3 is 5.97 Å². The zero-order valence-electron chi connectivity index (χ0n) is 14.0. The Morgan fingerprint density at radius 2 is 2.04 bits per heavy atom. The summed E-state index contributed by atoms with van der Waals surface area (Å²) in [4.78, 5) is 15.9. The predicted octanol–water partition coefficient (Wildman–Crippen LogP) is 4.76. The molecular weight excluding hydrogens is 354 g/mol. The summed E-state index contributed by atoms with van der Waals surface area (Å²) < 4.78 is 15.9. The van der Waals surface area contributed by atoms with Crippen molar-refractivity contribution in [3.8, 4) is 17.1 Å². The smallest absolute Gasteiger partial charge is 0.331 e. The molecule has 1 aromatic heterocycles. The van der Waals surface area contributed by atoms with Gasteiger partial charge in [0.05, 0.1) is 13.3 Å². The van der Waals surface area contributed by atoms with Crippen molar-refractivity contribution in [2.45, 2.75) is 6.61 Å². The quantitative estimate of drug-likeness (QED) is 0.463. The van der Waals surface area contributed by atoms with Crippen LogP contribution in [0.1, 0.15) is 11.5 Å². The van der Waals surface area contributed by atoms with Crippen LogP contribution >= 0.6 is 11.6 Å². The first kappa shape index (κ1) is 17.8. The summed E-state index contributed by atoms with van der Waals surface area (Å²) in [6, 6.07) is 14.5. The molecule has 26 heavy (non-hydrogen) atoms. The largest absolute Gasteiger partial charge is 0.497 e. The van der Waals surface area contributed by atoms with Crippen LogP contribution in [0.2, 0.25) is 5.02 Å². The normalized spacial score (nSPS) is 10.8. The van der Waals surface area contributed by atoms with Crippen LogP contribution in [0.15, 0.2) is 65.2 Å². The number of benzene rings is 2. The van der Waals surface area contributed by atoms with E-state index in [-0.39, 0.29) is 6.61 Å². The second-order valence-corrected chi connectivity index (χ2v) is 5.78. The first-order valence-electron chi connectivity index (χ1n) is 7.83. The molecule has 0 unspecified atom stereocenters. The number of ether oxygens (including phenoxy) is 2. The maximum atomic E-state index is 11.8. The fourth-order valence-electron chi connectivity index (χ4n) is 2.22. The molecule has 0 saturated carbocycles. The number of hydrogen-bond acceptors (Lipinski definition) is 5. The SMILES string of the molecule is COc1cccc(/C=C/C(=O)OCc2ncc(-c3ccc(Cl)cc3)o2)c1. The molecule has 0 radical (unpaired) electrons. The molecule has 2 aromatic carbocycles. The molecule has 5 nitrogen and oxygen atoms in total. The standard InChI is InChI=1S/C20H16ClNO4/c1-24-17-4-2-3-14(11-17)5-10-20(23)25-13-19-22-12-18(26-19)15-6-8-16(21)9-7-15/h2-12H,13H2,1H3/b10-5+. The summed E-state index contributed by atoms with van der Waals surface area (Å²) in [6.45, 7) is -0.0468. The Bertz CT molecular complexity index is 916. The molecule has 0 saturated heterocycles. The maximum absolute atomic E-state index is 11.8. The van der Waals surface area contributed by atoms with Gasteiger partial charge < -0.3 is 13.9 Å². The van der Waals surface area contributed by atoms with Crippen LogP contribution in [0.5, 0.6) is 5.75 Å². The number of aromatic nitrogens is 1. The van der Waals surface area contributed by atoms with Crippen LogP contribution in [0.4, 0.5) is 0 Å². The van der Waals surface area contributed by atoms with Gasteiger partial charge in [-0.05, 0) is 48.0 Å². The molecule has 0 amide bonds. The lowest BCUT2D eigenvalue weighted by Crippen LogP contribution is -2.00. The van der Waals surface area contributed by atoms with E-state index in [0.29, 0.717) is 16.7 Å².